The predicted molar refractivity (Wildman–Crippen MR) is 74.5 cm³/mol. The van der Waals surface area contributed by atoms with E-state index in [0.717, 1.165) is 6.54 Å². The van der Waals surface area contributed by atoms with Gasteiger partial charge in [0.1, 0.15) is 0 Å². The first-order chi connectivity index (χ1) is 8.33. The summed E-state index contributed by atoms with van der Waals surface area (Å²) in [5.74, 6) is 2.36. The van der Waals surface area contributed by atoms with E-state index in [4.69, 9.17) is 0 Å². The molecule has 2 unspecified atom stereocenters. The Morgan fingerprint density at radius 2 is 2.47 bits per heavy atom. The molecular weight excluding hydrogens is 230 g/mol. The first-order valence-corrected chi connectivity index (χ1v) is 7.81. The summed E-state index contributed by atoms with van der Waals surface area (Å²) in [7, 11) is 0. The van der Waals surface area contributed by atoms with E-state index < -0.39 is 0 Å². The Hall–Kier alpha value is -0.480. The summed E-state index contributed by atoms with van der Waals surface area (Å²) >= 11 is 2.00. The van der Waals surface area contributed by atoms with Gasteiger partial charge in [0.2, 0.25) is 0 Å². The minimum absolute atomic E-state index is 0.514. The van der Waals surface area contributed by atoms with Gasteiger partial charge in [-0.2, -0.15) is 11.8 Å². The Balaban J connectivity index is 2.04. The minimum atomic E-state index is 0.514. The van der Waals surface area contributed by atoms with Crippen LogP contribution < -0.4 is 5.32 Å². The average molecular weight is 253 g/mol. The molecule has 1 aliphatic heterocycles. The molecule has 1 fully saturated rings. The Bertz CT molecular complexity index is 331. The number of thioether (sulfide) groups is 1. The first kappa shape index (κ1) is 13.0. The molecule has 1 aromatic rings. The second kappa shape index (κ2) is 6.45. The van der Waals surface area contributed by atoms with Crippen molar-refractivity contribution in [3.05, 3.63) is 18.2 Å². The molecule has 0 radical (unpaired) electrons. The third-order valence-electron chi connectivity index (χ3n) is 3.40. The van der Waals surface area contributed by atoms with Crippen molar-refractivity contribution >= 4 is 11.8 Å². The van der Waals surface area contributed by atoms with E-state index in [1.54, 1.807) is 0 Å². The van der Waals surface area contributed by atoms with Crippen molar-refractivity contribution in [3.8, 4) is 0 Å². The van der Waals surface area contributed by atoms with Crippen molar-refractivity contribution in [2.24, 2.45) is 0 Å². The van der Waals surface area contributed by atoms with Crippen LogP contribution in [-0.2, 0) is 0 Å². The highest BCUT2D eigenvalue weighted by Gasteiger charge is 2.20. The highest BCUT2D eigenvalue weighted by atomic mass is 32.2. The summed E-state index contributed by atoms with van der Waals surface area (Å²) in [6.07, 6.45) is 7.93. The summed E-state index contributed by atoms with van der Waals surface area (Å²) < 4.78 is 2.35. The molecule has 2 atom stereocenters. The molecule has 17 heavy (non-hydrogen) atoms. The lowest BCUT2D eigenvalue weighted by Crippen LogP contribution is -2.29. The van der Waals surface area contributed by atoms with Crippen LogP contribution in [0.3, 0.4) is 0 Å². The molecule has 1 aliphatic rings. The molecule has 0 aromatic carbocycles. The number of nitrogens with zero attached hydrogens (tertiary/aromatic N) is 2. The van der Waals surface area contributed by atoms with E-state index in [0.29, 0.717) is 12.1 Å². The zero-order valence-corrected chi connectivity index (χ0v) is 11.7. The summed E-state index contributed by atoms with van der Waals surface area (Å²) in [5.41, 5.74) is 1.37. The monoisotopic (exact) mass is 253 g/mol. The van der Waals surface area contributed by atoms with Gasteiger partial charge in [-0.1, -0.05) is 13.3 Å². The number of hydrogen-bond acceptors (Lipinski definition) is 3. The summed E-state index contributed by atoms with van der Waals surface area (Å²) in [6.45, 7) is 5.65. The van der Waals surface area contributed by atoms with Crippen LogP contribution in [0.2, 0.25) is 0 Å². The average Bonchev–Trinajstić information content (AvgIpc) is 2.86. The van der Waals surface area contributed by atoms with Crippen molar-refractivity contribution < 1.29 is 0 Å². The van der Waals surface area contributed by atoms with Crippen molar-refractivity contribution in [3.63, 3.8) is 0 Å². The van der Waals surface area contributed by atoms with E-state index in [-0.39, 0.29) is 0 Å². The highest BCUT2D eigenvalue weighted by molar-refractivity contribution is 7.99. The topological polar surface area (TPSA) is 29.9 Å². The van der Waals surface area contributed by atoms with Gasteiger partial charge in [-0.05, 0) is 32.1 Å². The third kappa shape index (κ3) is 3.26. The fourth-order valence-electron chi connectivity index (χ4n) is 2.43. The highest BCUT2D eigenvalue weighted by Crippen LogP contribution is 2.25. The Kier molecular flexibility index (Phi) is 4.92. The molecule has 0 spiro atoms. The molecule has 0 saturated carbocycles. The van der Waals surface area contributed by atoms with E-state index in [2.05, 4.69) is 28.7 Å². The number of aromatic nitrogens is 2. The van der Waals surface area contributed by atoms with E-state index in [9.17, 15) is 0 Å². The number of hydrogen-bond donors (Lipinski definition) is 1. The third-order valence-corrected chi connectivity index (χ3v) is 4.53. The summed E-state index contributed by atoms with van der Waals surface area (Å²) in [5, 5.41) is 3.61. The number of piperidine rings is 1. The Morgan fingerprint density at radius 3 is 3.18 bits per heavy atom. The fraction of sp³-hybridized carbons (Fsp3) is 0.769. The van der Waals surface area contributed by atoms with E-state index in [1.165, 1.54) is 36.5 Å². The van der Waals surface area contributed by atoms with Crippen LogP contribution in [0.1, 0.15) is 50.9 Å². The van der Waals surface area contributed by atoms with Crippen LogP contribution in [0.15, 0.2) is 12.5 Å². The number of nitrogens with one attached hydrogen (secondary N) is 1. The lowest BCUT2D eigenvalue weighted by atomic mass is 10.0. The van der Waals surface area contributed by atoms with Gasteiger partial charge in [0, 0.05) is 24.0 Å². The normalized spacial score (nSPS) is 22.6. The molecule has 2 heterocycles. The van der Waals surface area contributed by atoms with Gasteiger partial charge in [-0.15, -0.1) is 0 Å². The lowest BCUT2D eigenvalue weighted by Gasteiger charge is -2.26. The number of imidazole rings is 1. The quantitative estimate of drug-likeness (QED) is 0.875. The smallest absolute Gasteiger partial charge is 0.0951 e. The van der Waals surface area contributed by atoms with Crippen LogP contribution in [0.5, 0.6) is 0 Å². The zero-order chi connectivity index (χ0) is 12.1. The van der Waals surface area contributed by atoms with Crippen LogP contribution >= 0.6 is 11.8 Å². The maximum atomic E-state index is 4.34. The Labute approximate surface area is 108 Å². The SMILES string of the molecule is CCSCC(C)n1cncc1C1CCCCN1. The summed E-state index contributed by atoms with van der Waals surface area (Å²) in [4.78, 5) is 4.34. The second-order valence-electron chi connectivity index (χ2n) is 4.74. The van der Waals surface area contributed by atoms with Gasteiger partial charge < -0.3 is 9.88 Å². The lowest BCUT2D eigenvalue weighted by molar-refractivity contribution is 0.387. The van der Waals surface area contributed by atoms with Gasteiger partial charge in [0.15, 0.2) is 0 Å². The molecule has 1 aromatic heterocycles. The van der Waals surface area contributed by atoms with Crippen LogP contribution in [0, 0.1) is 0 Å². The van der Waals surface area contributed by atoms with Crippen LogP contribution in [0.25, 0.3) is 0 Å². The minimum Gasteiger partial charge on any atom is -0.330 e. The van der Waals surface area contributed by atoms with Gasteiger partial charge in [0.25, 0.3) is 0 Å². The molecule has 0 aliphatic carbocycles. The first-order valence-electron chi connectivity index (χ1n) is 6.65. The van der Waals surface area contributed by atoms with Crippen LogP contribution in [-0.4, -0.2) is 27.6 Å². The maximum Gasteiger partial charge on any atom is 0.0951 e. The van der Waals surface area contributed by atoms with Crippen molar-refractivity contribution in [2.45, 2.75) is 45.2 Å². The van der Waals surface area contributed by atoms with Gasteiger partial charge >= 0.3 is 0 Å². The maximum absolute atomic E-state index is 4.34. The van der Waals surface area contributed by atoms with Gasteiger partial charge in [0.05, 0.1) is 12.0 Å². The van der Waals surface area contributed by atoms with Crippen molar-refractivity contribution in [1.29, 1.82) is 0 Å². The molecule has 1 N–H and O–H groups in total. The standard InChI is InChI=1S/C13H23N3S/c1-3-17-9-11(2)16-10-14-8-13(16)12-6-4-5-7-15-12/h8,10-12,15H,3-7,9H2,1-2H3. The van der Waals surface area contributed by atoms with Gasteiger partial charge in [-0.25, -0.2) is 4.98 Å². The molecule has 0 amide bonds. The van der Waals surface area contributed by atoms with Crippen molar-refractivity contribution in [1.82, 2.24) is 14.9 Å². The van der Waals surface area contributed by atoms with E-state index in [1.807, 2.05) is 24.3 Å². The fourth-order valence-corrected chi connectivity index (χ4v) is 3.16. The molecule has 4 heteroatoms. The van der Waals surface area contributed by atoms with E-state index >= 15 is 0 Å². The van der Waals surface area contributed by atoms with Crippen LogP contribution in [0.4, 0.5) is 0 Å². The molecule has 0 bridgehead atoms. The molecular formula is C13H23N3S. The van der Waals surface area contributed by atoms with Gasteiger partial charge in [-0.3, -0.25) is 0 Å². The van der Waals surface area contributed by atoms with Crippen molar-refractivity contribution in [2.75, 3.05) is 18.1 Å². The molecule has 3 nitrogen and oxygen atoms in total. The molecule has 1 saturated heterocycles. The molecule has 96 valence electrons. The largest absolute Gasteiger partial charge is 0.330 e. The Morgan fingerprint density at radius 1 is 1.59 bits per heavy atom. The summed E-state index contributed by atoms with van der Waals surface area (Å²) in [6, 6.07) is 1.06. The predicted octanol–water partition coefficient (Wildman–Crippen LogP) is 3.01. The zero-order valence-electron chi connectivity index (χ0n) is 10.9. The second-order valence-corrected chi connectivity index (χ2v) is 6.06. The number of rotatable bonds is 5. The molecule has 2 rings (SSSR count).